The van der Waals surface area contributed by atoms with E-state index in [9.17, 15) is 13.6 Å². The Balaban J connectivity index is 2.54. The number of methoxy groups -OCH3 is 1. The SMILES string of the molecule is COc1cccc(/C=C/C(=O)NCC(F)(F)CO)c1. The molecule has 1 amide bonds. The molecule has 0 aliphatic heterocycles. The topological polar surface area (TPSA) is 58.6 Å². The first-order valence-electron chi connectivity index (χ1n) is 5.55. The highest BCUT2D eigenvalue weighted by Crippen LogP contribution is 2.13. The zero-order valence-electron chi connectivity index (χ0n) is 10.4. The fourth-order valence-electron chi connectivity index (χ4n) is 1.25. The number of benzene rings is 1. The number of carbonyl (C=O) groups is 1. The van der Waals surface area contributed by atoms with E-state index in [0.717, 1.165) is 6.08 Å². The van der Waals surface area contributed by atoms with Crippen molar-refractivity contribution in [1.29, 1.82) is 0 Å². The van der Waals surface area contributed by atoms with Crippen molar-refractivity contribution in [2.75, 3.05) is 20.3 Å². The molecule has 0 aliphatic rings. The van der Waals surface area contributed by atoms with E-state index in [2.05, 4.69) is 0 Å². The second-order valence-electron chi connectivity index (χ2n) is 3.84. The predicted octanol–water partition coefficient (Wildman–Crippen LogP) is 1.45. The Labute approximate surface area is 109 Å². The number of hydrogen-bond donors (Lipinski definition) is 2. The first-order valence-corrected chi connectivity index (χ1v) is 5.55. The van der Waals surface area contributed by atoms with E-state index >= 15 is 0 Å². The number of hydrogen-bond acceptors (Lipinski definition) is 3. The highest BCUT2D eigenvalue weighted by atomic mass is 19.3. The summed E-state index contributed by atoms with van der Waals surface area (Å²) in [4.78, 5) is 11.3. The second kappa shape index (κ2) is 6.84. The summed E-state index contributed by atoms with van der Waals surface area (Å²) in [6.45, 7) is -2.20. The number of halogens is 2. The van der Waals surface area contributed by atoms with Gasteiger partial charge in [-0.25, -0.2) is 8.78 Å². The lowest BCUT2D eigenvalue weighted by molar-refractivity contribution is -0.119. The van der Waals surface area contributed by atoms with Crippen LogP contribution in [0.1, 0.15) is 5.56 Å². The molecule has 19 heavy (non-hydrogen) atoms. The van der Waals surface area contributed by atoms with Gasteiger partial charge in [0.15, 0.2) is 0 Å². The van der Waals surface area contributed by atoms with Gasteiger partial charge in [0, 0.05) is 6.08 Å². The monoisotopic (exact) mass is 271 g/mol. The second-order valence-corrected chi connectivity index (χ2v) is 3.84. The maximum Gasteiger partial charge on any atom is 0.287 e. The van der Waals surface area contributed by atoms with Crippen molar-refractivity contribution in [3.05, 3.63) is 35.9 Å². The number of alkyl halides is 2. The summed E-state index contributed by atoms with van der Waals surface area (Å²) < 4.78 is 30.3. The van der Waals surface area contributed by atoms with Crippen LogP contribution in [-0.2, 0) is 4.79 Å². The van der Waals surface area contributed by atoms with Gasteiger partial charge in [-0.05, 0) is 23.8 Å². The Morgan fingerprint density at radius 3 is 2.89 bits per heavy atom. The maximum absolute atomic E-state index is 12.7. The lowest BCUT2D eigenvalue weighted by Gasteiger charge is -2.12. The van der Waals surface area contributed by atoms with E-state index in [1.54, 1.807) is 24.3 Å². The first-order chi connectivity index (χ1) is 8.96. The van der Waals surface area contributed by atoms with E-state index in [1.807, 2.05) is 5.32 Å². The summed E-state index contributed by atoms with van der Waals surface area (Å²) in [6, 6.07) is 6.94. The number of nitrogens with one attached hydrogen (secondary N) is 1. The third-order valence-electron chi connectivity index (χ3n) is 2.27. The summed E-state index contributed by atoms with van der Waals surface area (Å²) in [5.74, 6) is -3.33. The summed E-state index contributed by atoms with van der Waals surface area (Å²) in [7, 11) is 1.52. The summed E-state index contributed by atoms with van der Waals surface area (Å²) in [5.41, 5.74) is 0.711. The van der Waals surface area contributed by atoms with Crippen molar-refractivity contribution in [3.8, 4) is 5.75 Å². The molecule has 2 N–H and O–H groups in total. The zero-order chi connectivity index (χ0) is 14.3. The first kappa shape index (κ1) is 15.1. The number of aliphatic hydroxyl groups excluding tert-OH is 1. The molecular weight excluding hydrogens is 256 g/mol. The van der Waals surface area contributed by atoms with Gasteiger partial charge in [0.05, 0.1) is 13.7 Å². The quantitative estimate of drug-likeness (QED) is 0.770. The minimum atomic E-state index is -3.31. The number of rotatable bonds is 6. The van der Waals surface area contributed by atoms with Gasteiger partial charge < -0.3 is 15.2 Å². The Kier molecular flexibility index (Phi) is 5.44. The molecule has 0 spiro atoms. The van der Waals surface area contributed by atoms with Crippen molar-refractivity contribution in [3.63, 3.8) is 0 Å². The van der Waals surface area contributed by atoms with Crippen molar-refractivity contribution < 1.29 is 23.4 Å². The van der Waals surface area contributed by atoms with Crippen LogP contribution in [0.5, 0.6) is 5.75 Å². The molecule has 0 heterocycles. The van der Waals surface area contributed by atoms with Gasteiger partial charge >= 0.3 is 0 Å². The van der Waals surface area contributed by atoms with Crippen molar-refractivity contribution in [1.82, 2.24) is 5.32 Å². The molecule has 1 aromatic rings. The number of ether oxygens (including phenoxy) is 1. The molecule has 104 valence electrons. The zero-order valence-corrected chi connectivity index (χ0v) is 10.4. The fourth-order valence-corrected chi connectivity index (χ4v) is 1.25. The van der Waals surface area contributed by atoms with E-state index in [1.165, 1.54) is 13.2 Å². The number of carbonyl (C=O) groups excluding carboxylic acids is 1. The molecule has 0 aliphatic carbocycles. The van der Waals surface area contributed by atoms with Gasteiger partial charge in [-0.3, -0.25) is 4.79 Å². The van der Waals surface area contributed by atoms with Crippen LogP contribution in [0, 0.1) is 0 Å². The van der Waals surface area contributed by atoms with Crippen molar-refractivity contribution in [2.45, 2.75) is 5.92 Å². The van der Waals surface area contributed by atoms with E-state index in [0.29, 0.717) is 11.3 Å². The van der Waals surface area contributed by atoms with E-state index in [-0.39, 0.29) is 0 Å². The third-order valence-corrected chi connectivity index (χ3v) is 2.27. The minimum absolute atomic E-state index is 0.634. The average molecular weight is 271 g/mol. The van der Waals surface area contributed by atoms with E-state index in [4.69, 9.17) is 9.84 Å². The summed E-state index contributed by atoms with van der Waals surface area (Å²) in [6.07, 6.45) is 2.62. The molecule has 4 nitrogen and oxygen atoms in total. The van der Waals surface area contributed by atoms with E-state index < -0.39 is 25.0 Å². The summed E-state index contributed by atoms with van der Waals surface area (Å²) >= 11 is 0. The summed E-state index contributed by atoms with van der Waals surface area (Å²) in [5, 5.41) is 10.3. The molecule has 0 atom stereocenters. The van der Waals surface area contributed by atoms with Crippen molar-refractivity contribution >= 4 is 12.0 Å². The lowest BCUT2D eigenvalue weighted by Crippen LogP contribution is -2.38. The average Bonchev–Trinajstić information content (AvgIpc) is 2.43. The fraction of sp³-hybridized carbons (Fsp3) is 0.308. The largest absolute Gasteiger partial charge is 0.497 e. The van der Waals surface area contributed by atoms with Crippen LogP contribution < -0.4 is 10.1 Å². The van der Waals surface area contributed by atoms with Crippen LogP contribution in [-0.4, -0.2) is 37.2 Å². The Morgan fingerprint density at radius 2 is 2.26 bits per heavy atom. The van der Waals surface area contributed by atoms with Crippen LogP contribution in [0.25, 0.3) is 6.08 Å². The highest BCUT2D eigenvalue weighted by molar-refractivity contribution is 5.91. The molecular formula is C13H15F2NO3. The van der Waals surface area contributed by atoms with Gasteiger partial charge in [0.2, 0.25) is 5.91 Å². The standard InChI is InChI=1S/C13H15F2NO3/c1-19-11-4-2-3-10(7-11)5-6-12(18)16-8-13(14,15)9-17/h2-7,17H,8-9H2,1H3,(H,16,18)/b6-5+. The molecule has 0 saturated carbocycles. The van der Waals surface area contributed by atoms with Gasteiger partial charge in [0.25, 0.3) is 5.92 Å². The Morgan fingerprint density at radius 1 is 1.53 bits per heavy atom. The van der Waals surface area contributed by atoms with Crippen LogP contribution in [0.4, 0.5) is 8.78 Å². The molecule has 0 saturated heterocycles. The van der Waals surface area contributed by atoms with Crippen LogP contribution in [0.2, 0.25) is 0 Å². The van der Waals surface area contributed by atoms with Crippen LogP contribution in [0.15, 0.2) is 30.3 Å². The smallest absolute Gasteiger partial charge is 0.287 e. The molecule has 0 radical (unpaired) electrons. The predicted molar refractivity (Wildman–Crippen MR) is 67.1 cm³/mol. The maximum atomic E-state index is 12.7. The highest BCUT2D eigenvalue weighted by Gasteiger charge is 2.27. The van der Waals surface area contributed by atoms with Crippen LogP contribution in [0.3, 0.4) is 0 Å². The van der Waals surface area contributed by atoms with Gasteiger partial charge in [-0.2, -0.15) is 0 Å². The minimum Gasteiger partial charge on any atom is -0.497 e. The number of aliphatic hydroxyl groups is 1. The van der Waals surface area contributed by atoms with Crippen molar-refractivity contribution in [2.24, 2.45) is 0 Å². The third kappa shape index (κ3) is 5.48. The molecule has 0 bridgehead atoms. The normalized spacial score (nSPS) is 11.6. The molecule has 0 aromatic heterocycles. The van der Waals surface area contributed by atoms with Gasteiger partial charge in [0.1, 0.15) is 12.4 Å². The Bertz CT molecular complexity index is 461. The lowest BCUT2D eigenvalue weighted by atomic mass is 10.2. The van der Waals surface area contributed by atoms with Gasteiger partial charge in [-0.15, -0.1) is 0 Å². The Hall–Kier alpha value is -1.95. The molecule has 6 heteroatoms. The molecule has 0 unspecified atom stereocenters. The molecule has 1 rings (SSSR count). The number of amides is 1. The molecule has 1 aromatic carbocycles. The van der Waals surface area contributed by atoms with Gasteiger partial charge in [-0.1, -0.05) is 12.1 Å². The van der Waals surface area contributed by atoms with Crippen LogP contribution >= 0.6 is 0 Å². The molecule has 0 fully saturated rings.